The summed E-state index contributed by atoms with van der Waals surface area (Å²) in [5.41, 5.74) is 1.09. The number of hydrogen-bond acceptors (Lipinski definition) is 6. The van der Waals surface area contributed by atoms with Gasteiger partial charge in [-0.05, 0) is 12.1 Å². The smallest absolute Gasteiger partial charge is 0.368 e. The number of carbonyl (C=O) groups excluding carboxylic acids is 2. The van der Waals surface area contributed by atoms with Crippen LogP contribution in [0.4, 0.5) is 28.8 Å². The number of anilines is 2. The highest BCUT2D eigenvalue weighted by Gasteiger charge is 2.35. The zero-order valence-electron chi connectivity index (χ0n) is 14.6. The lowest BCUT2D eigenvalue weighted by Gasteiger charge is -2.36. The Hall–Kier alpha value is -2.89. The van der Waals surface area contributed by atoms with Gasteiger partial charge >= 0.3 is 12.2 Å². The molecule has 0 aliphatic carbocycles. The zero-order valence-corrected chi connectivity index (χ0v) is 15.4. The highest BCUT2D eigenvalue weighted by molar-refractivity contribution is 7.15. The average molecular weight is 414 g/mol. The van der Waals surface area contributed by atoms with Crippen molar-refractivity contribution in [3.63, 3.8) is 0 Å². The maximum atomic E-state index is 12.5. The van der Waals surface area contributed by atoms with Crippen molar-refractivity contribution in [3.8, 4) is 0 Å². The highest BCUT2D eigenvalue weighted by atomic mass is 32.1. The molecule has 1 aromatic carbocycles. The van der Waals surface area contributed by atoms with Crippen molar-refractivity contribution in [2.45, 2.75) is 6.18 Å². The van der Waals surface area contributed by atoms with E-state index in [1.54, 1.807) is 4.90 Å². The van der Waals surface area contributed by atoms with Crippen molar-refractivity contribution >= 4 is 34.1 Å². The zero-order chi connectivity index (χ0) is 20.1. The van der Waals surface area contributed by atoms with Crippen LogP contribution in [0, 0.1) is 0 Å². The van der Waals surface area contributed by atoms with E-state index in [1.807, 2.05) is 30.3 Å². The molecule has 0 atom stereocenters. The van der Waals surface area contributed by atoms with Gasteiger partial charge < -0.3 is 15.1 Å². The molecule has 0 spiro atoms. The largest absolute Gasteiger partial charge is 0.445 e. The van der Waals surface area contributed by atoms with Gasteiger partial charge in [-0.15, -0.1) is 10.2 Å². The van der Waals surface area contributed by atoms with Crippen molar-refractivity contribution in [1.29, 1.82) is 0 Å². The van der Waals surface area contributed by atoms with Crippen LogP contribution in [0.15, 0.2) is 30.3 Å². The first kappa shape index (κ1) is 19.9. The fourth-order valence-corrected chi connectivity index (χ4v) is 3.26. The van der Waals surface area contributed by atoms with E-state index in [2.05, 4.69) is 25.7 Å². The maximum absolute atomic E-state index is 12.5. The minimum absolute atomic E-state index is 0.209. The van der Waals surface area contributed by atoms with Crippen LogP contribution in [0.2, 0.25) is 0 Å². The van der Waals surface area contributed by atoms with E-state index in [-0.39, 0.29) is 28.9 Å². The Morgan fingerprint density at radius 3 is 2.36 bits per heavy atom. The molecule has 1 fully saturated rings. The lowest BCUT2D eigenvalue weighted by molar-refractivity contribution is -0.138. The molecule has 28 heavy (non-hydrogen) atoms. The van der Waals surface area contributed by atoms with Gasteiger partial charge in [0, 0.05) is 31.9 Å². The molecule has 1 aliphatic rings. The number of para-hydroxylation sites is 1. The van der Waals surface area contributed by atoms with Crippen LogP contribution >= 0.6 is 11.3 Å². The number of aromatic nitrogens is 2. The first-order valence-electron chi connectivity index (χ1n) is 8.36. The van der Waals surface area contributed by atoms with E-state index in [9.17, 15) is 22.8 Å². The van der Waals surface area contributed by atoms with Crippen LogP contribution in [-0.2, 0) is 11.0 Å². The standard InChI is InChI=1S/C16H17F3N6O2S/c17-16(18,19)13-22-23-15(28-13)21-14(27)20-10-12(26)25-8-6-24(7-9-25)11-4-2-1-3-5-11/h1-5H,6-10H2,(H2,20,21,23,27). The van der Waals surface area contributed by atoms with Crippen molar-refractivity contribution in [1.82, 2.24) is 20.4 Å². The summed E-state index contributed by atoms with van der Waals surface area (Å²) < 4.78 is 37.4. The molecular weight excluding hydrogens is 397 g/mol. The summed E-state index contributed by atoms with van der Waals surface area (Å²) in [5.74, 6) is -0.267. The molecule has 0 saturated carbocycles. The number of piperazine rings is 1. The van der Waals surface area contributed by atoms with E-state index >= 15 is 0 Å². The minimum Gasteiger partial charge on any atom is -0.368 e. The van der Waals surface area contributed by atoms with Gasteiger partial charge in [0.2, 0.25) is 16.0 Å². The Morgan fingerprint density at radius 2 is 1.75 bits per heavy atom. The van der Waals surface area contributed by atoms with E-state index in [0.717, 1.165) is 5.69 Å². The van der Waals surface area contributed by atoms with Gasteiger partial charge in [-0.2, -0.15) is 13.2 Å². The summed E-state index contributed by atoms with van der Waals surface area (Å²) in [6.07, 6.45) is -4.62. The maximum Gasteiger partial charge on any atom is 0.445 e. The molecule has 3 rings (SSSR count). The molecule has 150 valence electrons. The van der Waals surface area contributed by atoms with Crippen molar-refractivity contribution in [2.75, 3.05) is 42.9 Å². The van der Waals surface area contributed by atoms with Crippen LogP contribution in [0.5, 0.6) is 0 Å². The van der Waals surface area contributed by atoms with Gasteiger partial charge in [0.1, 0.15) is 0 Å². The summed E-state index contributed by atoms with van der Waals surface area (Å²) in [7, 11) is 0. The number of rotatable bonds is 4. The monoisotopic (exact) mass is 414 g/mol. The first-order valence-corrected chi connectivity index (χ1v) is 9.18. The summed E-state index contributed by atoms with van der Waals surface area (Å²) >= 11 is 0.209. The van der Waals surface area contributed by atoms with E-state index in [4.69, 9.17) is 0 Å². The number of carbonyl (C=O) groups is 2. The number of hydrogen-bond donors (Lipinski definition) is 2. The Kier molecular flexibility index (Phi) is 5.97. The van der Waals surface area contributed by atoms with Gasteiger partial charge in [0.15, 0.2) is 0 Å². The Morgan fingerprint density at radius 1 is 1.07 bits per heavy atom. The fraction of sp³-hybridized carbons (Fsp3) is 0.375. The quantitative estimate of drug-likeness (QED) is 0.799. The lowest BCUT2D eigenvalue weighted by atomic mass is 10.2. The number of amides is 3. The second-order valence-corrected chi connectivity index (χ2v) is 6.90. The van der Waals surface area contributed by atoms with Gasteiger partial charge in [-0.25, -0.2) is 4.79 Å². The molecule has 2 N–H and O–H groups in total. The van der Waals surface area contributed by atoms with Crippen LogP contribution in [0.3, 0.4) is 0 Å². The van der Waals surface area contributed by atoms with Crippen LogP contribution in [-0.4, -0.2) is 59.8 Å². The second kappa shape index (κ2) is 8.42. The topological polar surface area (TPSA) is 90.5 Å². The Balaban J connectivity index is 1.42. The third-order valence-electron chi connectivity index (χ3n) is 4.04. The lowest BCUT2D eigenvalue weighted by Crippen LogP contribution is -2.51. The first-order chi connectivity index (χ1) is 13.3. The molecule has 12 heteroatoms. The SMILES string of the molecule is O=C(NCC(=O)N1CCN(c2ccccc2)CC1)Nc1nnc(C(F)(F)F)s1. The molecule has 2 heterocycles. The van der Waals surface area contributed by atoms with Gasteiger partial charge in [0.25, 0.3) is 0 Å². The molecule has 0 radical (unpaired) electrons. The predicted octanol–water partition coefficient (Wildman–Crippen LogP) is 2.03. The summed E-state index contributed by atoms with van der Waals surface area (Å²) in [6.45, 7) is 2.12. The molecule has 2 aromatic rings. The molecule has 0 unspecified atom stereocenters. The average Bonchev–Trinajstić information content (AvgIpc) is 3.16. The molecule has 1 aliphatic heterocycles. The molecule has 0 bridgehead atoms. The van der Waals surface area contributed by atoms with Crippen LogP contribution in [0.1, 0.15) is 5.01 Å². The summed E-state index contributed by atoms with van der Waals surface area (Å²) in [6, 6.07) is 9.02. The number of benzene rings is 1. The molecule has 1 saturated heterocycles. The number of nitrogens with one attached hydrogen (secondary N) is 2. The van der Waals surface area contributed by atoms with E-state index in [0.29, 0.717) is 26.2 Å². The third kappa shape index (κ3) is 5.09. The van der Waals surface area contributed by atoms with E-state index < -0.39 is 17.2 Å². The van der Waals surface area contributed by atoms with Crippen molar-refractivity contribution in [2.24, 2.45) is 0 Å². The third-order valence-corrected chi connectivity index (χ3v) is 4.93. The molecule has 1 aromatic heterocycles. The molecule has 8 nitrogen and oxygen atoms in total. The highest BCUT2D eigenvalue weighted by Crippen LogP contribution is 2.32. The fourth-order valence-electron chi connectivity index (χ4n) is 2.65. The van der Waals surface area contributed by atoms with Crippen molar-refractivity contribution in [3.05, 3.63) is 35.3 Å². The molecular formula is C16H17F3N6O2S. The van der Waals surface area contributed by atoms with Gasteiger partial charge in [-0.3, -0.25) is 10.1 Å². The number of urea groups is 1. The second-order valence-electron chi connectivity index (χ2n) is 5.92. The van der Waals surface area contributed by atoms with E-state index in [1.165, 1.54) is 0 Å². The number of alkyl halides is 3. The van der Waals surface area contributed by atoms with Crippen LogP contribution in [0.25, 0.3) is 0 Å². The Labute approximate surface area is 162 Å². The van der Waals surface area contributed by atoms with Crippen molar-refractivity contribution < 1.29 is 22.8 Å². The minimum atomic E-state index is -4.62. The summed E-state index contributed by atoms with van der Waals surface area (Å²) in [4.78, 5) is 27.8. The number of nitrogens with zero attached hydrogens (tertiary/aromatic N) is 4. The predicted molar refractivity (Wildman–Crippen MR) is 97.2 cm³/mol. The number of halogens is 3. The van der Waals surface area contributed by atoms with Gasteiger partial charge in [-0.1, -0.05) is 29.5 Å². The molecule has 3 amide bonds. The summed E-state index contributed by atoms with van der Waals surface area (Å²) in [5, 5.41) is 9.22. The van der Waals surface area contributed by atoms with Gasteiger partial charge in [0.05, 0.1) is 6.54 Å². The van der Waals surface area contributed by atoms with Crippen LogP contribution < -0.4 is 15.5 Å². The normalized spacial score (nSPS) is 14.7. The Bertz CT molecular complexity index is 821.